The van der Waals surface area contributed by atoms with Gasteiger partial charge >= 0.3 is 0 Å². The molecule has 0 aliphatic carbocycles. The van der Waals surface area contributed by atoms with Gasteiger partial charge in [-0.3, -0.25) is 4.90 Å². The highest BCUT2D eigenvalue weighted by atomic mass is 32.2. The monoisotopic (exact) mass is 287 g/mol. The Morgan fingerprint density at radius 3 is 2.37 bits per heavy atom. The Bertz CT molecular complexity index is 213. The van der Waals surface area contributed by atoms with Gasteiger partial charge in [0.2, 0.25) is 0 Å². The highest BCUT2D eigenvalue weighted by Gasteiger charge is 2.25. The molecule has 0 spiro atoms. The molecular weight excluding hydrogens is 254 g/mol. The fourth-order valence-corrected chi connectivity index (χ4v) is 4.09. The standard InChI is InChI=1S/C16H33NOS/c1-3-4-5-6-7-8-9-10-11-16(18)15-14-19-13-12-17(15)2/h15-16,18H,3-14H2,1-2H3. The summed E-state index contributed by atoms with van der Waals surface area (Å²) in [6, 6.07) is 0.392. The lowest BCUT2D eigenvalue weighted by Crippen LogP contribution is -2.46. The third-order valence-electron chi connectivity index (χ3n) is 4.24. The molecule has 0 amide bonds. The molecule has 0 bridgehead atoms. The van der Waals surface area contributed by atoms with Crippen molar-refractivity contribution in [1.29, 1.82) is 0 Å². The first-order valence-electron chi connectivity index (χ1n) is 8.21. The lowest BCUT2D eigenvalue weighted by molar-refractivity contribution is 0.0674. The zero-order valence-electron chi connectivity index (χ0n) is 12.9. The van der Waals surface area contributed by atoms with Gasteiger partial charge in [0.25, 0.3) is 0 Å². The van der Waals surface area contributed by atoms with Crippen LogP contribution in [0.2, 0.25) is 0 Å². The Labute approximate surface area is 124 Å². The molecule has 1 aliphatic rings. The Hall–Kier alpha value is 0.270. The molecular formula is C16H33NOS. The molecule has 1 heterocycles. The summed E-state index contributed by atoms with van der Waals surface area (Å²) in [5, 5.41) is 10.3. The largest absolute Gasteiger partial charge is 0.391 e. The lowest BCUT2D eigenvalue weighted by atomic mass is 10.0. The molecule has 1 aliphatic heterocycles. The van der Waals surface area contributed by atoms with E-state index in [0.29, 0.717) is 6.04 Å². The van der Waals surface area contributed by atoms with Crippen LogP contribution in [0.3, 0.4) is 0 Å². The minimum Gasteiger partial charge on any atom is -0.391 e. The predicted molar refractivity (Wildman–Crippen MR) is 87.0 cm³/mol. The molecule has 1 N–H and O–H groups in total. The number of rotatable bonds is 10. The number of hydrogen-bond acceptors (Lipinski definition) is 3. The van der Waals surface area contributed by atoms with Crippen molar-refractivity contribution in [3.8, 4) is 0 Å². The minimum absolute atomic E-state index is 0.113. The van der Waals surface area contributed by atoms with Gasteiger partial charge in [0.05, 0.1) is 6.10 Å². The molecule has 1 fully saturated rings. The highest BCUT2D eigenvalue weighted by Crippen LogP contribution is 2.20. The van der Waals surface area contributed by atoms with Crippen LogP contribution in [0, 0.1) is 0 Å². The average molecular weight is 288 g/mol. The van der Waals surface area contributed by atoms with Gasteiger partial charge in [0.1, 0.15) is 0 Å². The number of aliphatic hydroxyl groups is 1. The van der Waals surface area contributed by atoms with Gasteiger partial charge in [-0.1, -0.05) is 58.3 Å². The van der Waals surface area contributed by atoms with Crippen LogP contribution in [0.15, 0.2) is 0 Å². The van der Waals surface area contributed by atoms with Crippen molar-refractivity contribution in [2.45, 2.75) is 76.9 Å². The first kappa shape index (κ1) is 17.3. The Morgan fingerprint density at radius 2 is 1.74 bits per heavy atom. The second-order valence-electron chi connectivity index (χ2n) is 5.95. The average Bonchev–Trinajstić information content (AvgIpc) is 2.42. The van der Waals surface area contributed by atoms with Gasteiger partial charge in [0, 0.05) is 24.1 Å². The Kier molecular flexibility index (Phi) is 10.0. The maximum absolute atomic E-state index is 10.3. The van der Waals surface area contributed by atoms with Crippen LogP contribution in [0.25, 0.3) is 0 Å². The van der Waals surface area contributed by atoms with E-state index in [9.17, 15) is 5.11 Å². The van der Waals surface area contributed by atoms with Crippen molar-refractivity contribution in [2.24, 2.45) is 0 Å². The second kappa shape index (κ2) is 11.0. The predicted octanol–water partition coefficient (Wildman–Crippen LogP) is 3.93. The smallest absolute Gasteiger partial charge is 0.0703 e. The SMILES string of the molecule is CCCCCCCCCCC(O)C1CSCCN1C. The van der Waals surface area contributed by atoms with Crippen LogP contribution >= 0.6 is 11.8 Å². The maximum atomic E-state index is 10.3. The van der Waals surface area contributed by atoms with E-state index >= 15 is 0 Å². The zero-order chi connectivity index (χ0) is 13.9. The first-order valence-corrected chi connectivity index (χ1v) is 9.37. The van der Waals surface area contributed by atoms with E-state index in [-0.39, 0.29) is 6.10 Å². The number of hydrogen-bond donors (Lipinski definition) is 1. The molecule has 3 heteroatoms. The summed E-state index contributed by atoms with van der Waals surface area (Å²) in [5.74, 6) is 2.33. The first-order chi connectivity index (χ1) is 9.25. The number of unbranched alkanes of at least 4 members (excludes halogenated alkanes) is 7. The van der Waals surface area contributed by atoms with E-state index in [0.717, 1.165) is 18.7 Å². The maximum Gasteiger partial charge on any atom is 0.0703 e. The van der Waals surface area contributed by atoms with Gasteiger partial charge in [-0.2, -0.15) is 11.8 Å². The summed E-state index contributed by atoms with van der Waals surface area (Å²) in [4.78, 5) is 2.34. The van der Waals surface area contributed by atoms with Crippen LogP contribution in [0.5, 0.6) is 0 Å². The van der Waals surface area contributed by atoms with Gasteiger partial charge in [-0.25, -0.2) is 0 Å². The van der Waals surface area contributed by atoms with Crippen LogP contribution in [0.4, 0.5) is 0 Å². The summed E-state index contributed by atoms with van der Waals surface area (Å²) < 4.78 is 0. The van der Waals surface area contributed by atoms with E-state index in [4.69, 9.17) is 0 Å². The molecule has 2 nitrogen and oxygen atoms in total. The molecule has 2 unspecified atom stereocenters. The van der Waals surface area contributed by atoms with E-state index in [2.05, 4.69) is 18.9 Å². The summed E-state index contributed by atoms with van der Waals surface area (Å²) in [5.41, 5.74) is 0. The quantitative estimate of drug-likeness (QED) is 0.616. The van der Waals surface area contributed by atoms with E-state index in [1.165, 1.54) is 57.1 Å². The second-order valence-corrected chi connectivity index (χ2v) is 7.10. The third kappa shape index (κ3) is 7.57. The molecule has 0 aromatic rings. The molecule has 0 radical (unpaired) electrons. The number of aliphatic hydroxyl groups excluding tert-OH is 1. The zero-order valence-corrected chi connectivity index (χ0v) is 13.8. The van der Waals surface area contributed by atoms with Crippen LogP contribution < -0.4 is 0 Å². The van der Waals surface area contributed by atoms with Gasteiger partial charge in [-0.15, -0.1) is 0 Å². The summed E-state index contributed by atoms with van der Waals surface area (Å²) in [6.07, 6.45) is 11.6. The summed E-state index contributed by atoms with van der Waals surface area (Å²) >= 11 is 1.99. The summed E-state index contributed by atoms with van der Waals surface area (Å²) in [6.45, 7) is 3.39. The van der Waals surface area contributed by atoms with Crippen molar-refractivity contribution >= 4 is 11.8 Å². The molecule has 114 valence electrons. The van der Waals surface area contributed by atoms with Crippen LogP contribution in [0.1, 0.15) is 64.7 Å². The van der Waals surface area contributed by atoms with Gasteiger partial charge in [0.15, 0.2) is 0 Å². The van der Waals surface area contributed by atoms with E-state index in [1.54, 1.807) is 0 Å². The van der Waals surface area contributed by atoms with Gasteiger partial charge in [-0.05, 0) is 13.5 Å². The normalized spacial score (nSPS) is 22.6. The number of likely N-dealkylation sites (N-methyl/N-ethyl adjacent to an activating group) is 1. The molecule has 1 saturated heterocycles. The van der Waals surface area contributed by atoms with Crippen LogP contribution in [-0.4, -0.2) is 47.3 Å². The molecule has 2 atom stereocenters. The Morgan fingerprint density at radius 1 is 1.11 bits per heavy atom. The number of nitrogens with zero attached hydrogens (tertiary/aromatic N) is 1. The summed E-state index contributed by atoms with van der Waals surface area (Å²) in [7, 11) is 2.15. The molecule has 1 rings (SSSR count). The minimum atomic E-state index is -0.113. The Balaban J connectivity index is 1.96. The fourth-order valence-electron chi connectivity index (χ4n) is 2.79. The number of thioether (sulfide) groups is 1. The fraction of sp³-hybridized carbons (Fsp3) is 1.00. The van der Waals surface area contributed by atoms with Crippen LogP contribution in [-0.2, 0) is 0 Å². The van der Waals surface area contributed by atoms with Crippen molar-refractivity contribution in [1.82, 2.24) is 4.90 Å². The third-order valence-corrected chi connectivity index (χ3v) is 5.29. The van der Waals surface area contributed by atoms with Crippen molar-refractivity contribution in [2.75, 3.05) is 25.1 Å². The highest BCUT2D eigenvalue weighted by molar-refractivity contribution is 7.99. The molecule has 19 heavy (non-hydrogen) atoms. The molecule has 0 aromatic heterocycles. The molecule has 0 aromatic carbocycles. The topological polar surface area (TPSA) is 23.5 Å². The van der Waals surface area contributed by atoms with Crippen molar-refractivity contribution < 1.29 is 5.11 Å². The van der Waals surface area contributed by atoms with Crippen molar-refractivity contribution in [3.05, 3.63) is 0 Å². The van der Waals surface area contributed by atoms with Crippen molar-refractivity contribution in [3.63, 3.8) is 0 Å². The van der Waals surface area contributed by atoms with Gasteiger partial charge < -0.3 is 5.11 Å². The molecule has 0 saturated carbocycles. The van der Waals surface area contributed by atoms with E-state index < -0.39 is 0 Å². The van der Waals surface area contributed by atoms with E-state index in [1.807, 2.05) is 11.8 Å². The lowest BCUT2D eigenvalue weighted by Gasteiger charge is -2.35.